The van der Waals surface area contributed by atoms with Crippen molar-refractivity contribution in [3.05, 3.63) is 47.5 Å². The van der Waals surface area contributed by atoms with Crippen LogP contribution in [0.1, 0.15) is 31.3 Å². The molecule has 1 aromatic rings. The van der Waals surface area contributed by atoms with E-state index in [-0.39, 0.29) is 12.3 Å². The van der Waals surface area contributed by atoms with Crippen LogP contribution >= 0.6 is 0 Å². The largest absolute Gasteiger partial charge is 0.462 e. The monoisotopic (exact) mass is 290 g/mol. The van der Waals surface area contributed by atoms with Crippen LogP contribution in [0.4, 0.5) is 0 Å². The molecule has 0 unspecified atom stereocenters. The average Bonchev–Trinajstić information content (AvgIpc) is 2.48. The molecule has 0 amide bonds. The quantitative estimate of drug-likeness (QED) is 0.617. The van der Waals surface area contributed by atoms with Gasteiger partial charge in [0.2, 0.25) is 0 Å². The Morgan fingerprint density at radius 1 is 1.29 bits per heavy atom. The van der Waals surface area contributed by atoms with E-state index in [9.17, 15) is 4.79 Å². The van der Waals surface area contributed by atoms with Crippen molar-refractivity contribution in [3.63, 3.8) is 0 Å². The number of carbonyl (C=O) groups excluding carboxylic acids is 1. The van der Waals surface area contributed by atoms with E-state index in [2.05, 4.69) is 13.5 Å². The highest BCUT2D eigenvalue weighted by molar-refractivity contribution is 5.86. The lowest BCUT2D eigenvalue weighted by molar-refractivity contribution is -0.202. The molecule has 2 rings (SSSR count). The van der Waals surface area contributed by atoms with Crippen molar-refractivity contribution in [3.8, 4) is 0 Å². The summed E-state index contributed by atoms with van der Waals surface area (Å²) in [6.45, 7) is 9.10. The molecule has 1 aromatic carbocycles. The first-order chi connectivity index (χ1) is 10.1. The smallest absolute Gasteiger partial charge is 0.333 e. The molecule has 0 spiro atoms. The fourth-order valence-corrected chi connectivity index (χ4v) is 2.02. The van der Waals surface area contributed by atoms with Gasteiger partial charge < -0.3 is 14.2 Å². The standard InChI is InChI=1S/C17H22O4/c1-12(2)16(18)19-9-8-14-4-6-15(7-5-14)17-20-10-13(3)11-21-17/h4-7,13,17H,1,8-11H2,2-3H3. The summed E-state index contributed by atoms with van der Waals surface area (Å²) in [6, 6.07) is 8.01. The lowest BCUT2D eigenvalue weighted by Gasteiger charge is -2.27. The maximum atomic E-state index is 11.3. The van der Waals surface area contributed by atoms with Crippen LogP contribution in [0.3, 0.4) is 0 Å². The maximum Gasteiger partial charge on any atom is 0.333 e. The Hall–Kier alpha value is -1.65. The predicted octanol–water partition coefficient (Wildman–Crippen LogP) is 3.03. The van der Waals surface area contributed by atoms with Crippen LogP contribution < -0.4 is 0 Å². The average molecular weight is 290 g/mol. The number of carbonyl (C=O) groups is 1. The maximum absolute atomic E-state index is 11.3. The van der Waals surface area contributed by atoms with Gasteiger partial charge >= 0.3 is 5.97 Å². The zero-order valence-corrected chi connectivity index (χ0v) is 12.6. The molecule has 0 aromatic heterocycles. The summed E-state index contributed by atoms with van der Waals surface area (Å²) in [7, 11) is 0. The fraction of sp³-hybridized carbons (Fsp3) is 0.471. The second kappa shape index (κ2) is 7.38. The van der Waals surface area contributed by atoms with E-state index in [1.54, 1.807) is 6.92 Å². The number of hydrogen-bond acceptors (Lipinski definition) is 4. The molecule has 0 bridgehead atoms. The Kier molecular flexibility index (Phi) is 5.53. The van der Waals surface area contributed by atoms with Crippen LogP contribution in [-0.2, 0) is 25.4 Å². The second-order valence-electron chi connectivity index (χ2n) is 5.51. The molecule has 0 radical (unpaired) electrons. The zero-order valence-electron chi connectivity index (χ0n) is 12.6. The highest BCUT2D eigenvalue weighted by Crippen LogP contribution is 2.25. The van der Waals surface area contributed by atoms with Crippen LogP contribution in [0.15, 0.2) is 36.4 Å². The van der Waals surface area contributed by atoms with E-state index in [1.165, 1.54) is 0 Å². The van der Waals surface area contributed by atoms with Crippen molar-refractivity contribution >= 4 is 5.97 Å². The predicted molar refractivity (Wildman–Crippen MR) is 79.7 cm³/mol. The minimum atomic E-state index is -0.343. The van der Waals surface area contributed by atoms with E-state index in [4.69, 9.17) is 14.2 Å². The molecule has 1 fully saturated rings. The summed E-state index contributed by atoms with van der Waals surface area (Å²) in [5, 5.41) is 0. The summed E-state index contributed by atoms with van der Waals surface area (Å²) < 4.78 is 16.4. The van der Waals surface area contributed by atoms with Gasteiger partial charge in [0, 0.05) is 23.5 Å². The first-order valence-electron chi connectivity index (χ1n) is 7.21. The summed E-state index contributed by atoms with van der Waals surface area (Å²) >= 11 is 0. The number of rotatable bonds is 5. The van der Waals surface area contributed by atoms with Gasteiger partial charge in [-0.25, -0.2) is 4.79 Å². The number of esters is 1. The summed E-state index contributed by atoms with van der Waals surface area (Å²) in [5.74, 6) is 0.105. The minimum Gasteiger partial charge on any atom is -0.462 e. The van der Waals surface area contributed by atoms with Crippen molar-refractivity contribution in [1.29, 1.82) is 0 Å². The Morgan fingerprint density at radius 2 is 1.90 bits per heavy atom. The van der Waals surface area contributed by atoms with E-state index in [0.717, 1.165) is 24.3 Å². The van der Waals surface area contributed by atoms with Crippen LogP contribution in [0.5, 0.6) is 0 Å². The molecule has 0 aliphatic carbocycles. The SMILES string of the molecule is C=C(C)C(=O)OCCc1ccc(C2OCC(C)CO2)cc1. The molecule has 1 saturated heterocycles. The van der Waals surface area contributed by atoms with Crippen LogP contribution in [0, 0.1) is 5.92 Å². The summed E-state index contributed by atoms with van der Waals surface area (Å²) in [6.07, 6.45) is 0.416. The van der Waals surface area contributed by atoms with Gasteiger partial charge in [0.15, 0.2) is 6.29 Å². The number of benzene rings is 1. The molecule has 114 valence electrons. The molecule has 4 heteroatoms. The van der Waals surface area contributed by atoms with Crippen molar-refractivity contribution < 1.29 is 19.0 Å². The zero-order chi connectivity index (χ0) is 15.2. The van der Waals surface area contributed by atoms with Crippen LogP contribution in [-0.4, -0.2) is 25.8 Å². The van der Waals surface area contributed by atoms with Crippen molar-refractivity contribution in [2.45, 2.75) is 26.6 Å². The lowest BCUT2D eigenvalue weighted by atomic mass is 10.1. The van der Waals surface area contributed by atoms with Gasteiger partial charge in [-0.05, 0) is 12.5 Å². The Morgan fingerprint density at radius 3 is 2.48 bits per heavy atom. The van der Waals surface area contributed by atoms with Gasteiger partial charge in [0.05, 0.1) is 19.8 Å². The molecule has 0 N–H and O–H groups in total. The van der Waals surface area contributed by atoms with Crippen LogP contribution in [0.2, 0.25) is 0 Å². The third-order valence-electron chi connectivity index (χ3n) is 3.29. The fourth-order valence-electron chi connectivity index (χ4n) is 2.02. The van der Waals surface area contributed by atoms with Gasteiger partial charge in [-0.3, -0.25) is 0 Å². The third-order valence-corrected chi connectivity index (χ3v) is 3.29. The molecule has 21 heavy (non-hydrogen) atoms. The summed E-state index contributed by atoms with van der Waals surface area (Å²) in [4.78, 5) is 11.3. The minimum absolute atomic E-state index is 0.267. The van der Waals surface area contributed by atoms with Crippen LogP contribution in [0.25, 0.3) is 0 Å². The van der Waals surface area contributed by atoms with Gasteiger partial charge in [-0.2, -0.15) is 0 Å². The molecule has 1 aliphatic rings. The first kappa shape index (κ1) is 15.7. The topological polar surface area (TPSA) is 44.8 Å². The Balaban J connectivity index is 1.82. The molecule has 4 nitrogen and oxygen atoms in total. The van der Waals surface area contributed by atoms with Crippen molar-refractivity contribution in [2.75, 3.05) is 19.8 Å². The van der Waals surface area contributed by atoms with E-state index in [0.29, 0.717) is 24.5 Å². The third kappa shape index (κ3) is 4.69. The highest BCUT2D eigenvalue weighted by Gasteiger charge is 2.20. The summed E-state index contributed by atoms with van der Waals surface area (Å²) in [5.41, 5.74) is 2.55. The van der Waals surface area contributed by atoms with Gasteiger partial charge in [-0.15, -0.1) is 0 Å². The van der Waals surface area contributed by atoms with Gasteiger partial charge in [0.25, 0.3) is 0 Å². The lowest BCUT2D eigenvalue weighted by Crippen LogP contribution is -2.24. The van der Waals surface area contributed by atoms with E-state index < -0.39 is 0 Å². The first-order valence-corrected chi connectivity index (χ1v) is 7.21. The van der Waals surface area contributed by atoms with E-state index >= 15 is 0 Å². The number of hydrogen-bond donors (Lipinski definition) is 0. The molecule has 1 aliphatic heterocycles. The second-order valence-corrected chi connectivity index (χ2v) is 5.51. The number of ether oxygens (including phenoxy) is 3. The molecular weight excluding hydrogens is 268 g/mol. The van der Waals surface area contributed by atoms with Crippen molar-refractivity contribution in [2.24, 2.45) is 5.92 Å². The normalized spacial score (nSPS) is 21.8. The van der Waals surface area contributed by atoms with Gasteiger partial charge in [0.1, 0.15) is 0 Å². The Labute approximate surface area is 125 Å². The molecule has 0 saturated carbocycles. The molecule has 1 heterocycles. The van der Waals surface area contributed by atoms with Crippen molar-refractivity contribution in [1.82, 2.24) is 0 Å². The Bertz CT molecular complexity index is 484. The van der Waals surface area contributed by atoms with Gasteiger partial charge in [-0.1, -0.05) is 37.8 Å². The molecule has 0 atom stereocenters. The highest BCUT2D eigenvalue weighted by atomic mass is 16.7. The van der Waals surface area contributed by atoms with E-state index in [1.807, 2.05) is 24.3 Å². The molecular formula is C17H22O4.